The van der Waals surface area contributed by atoms with E-state index in [1.165, 1.54) is 0 Å². The zero-order chi connectivity index (χ0) is 14.0. The molecular formula is C15H28O3. The summed E-state index contributed by atoms with van der Waals surface area (Å²) in [6.07, 6.45) is 3.16. The lowest BCUT2D eigenvalue weighted by molar-refractivity contribution is -0.140. The number of ether oxygens (including phenoxy) is 2. The van der Waals surface area contributed by atoms with Gasteiger partial charge < -0.3 is 9.47 Å². The molecule has 0 spiro atoms. The van der Waals surface area contributed by atoms with Gasteiger partial charge >= 0.3 is 5.97 Å². The molecule has 18 heavy (non-hydrogen) atoms. The molecule has 0 unspecified atom stereocenters. The highest BCUT2D eigenvalue weighted by molar-refractivity contribution is 5.89. The summed E-state index contributed by atoms with van der Waals surface area (Å²) in [6, 6.07) is 0. The number of carbonyl (C=O) groups excluding carboxylic acids is 1. The first-order valence-corrected chi connectivity index (χ1v) is 6.96. The highest BCUT2D eigenvalue weighted by atomic mass is 16.5. The van der Waals surface area contributed by atoms with E-state index in [-0.39, 0.29) is 5.97 Å². The van der Waals surface area contributed by atoms with Gasteiger partial charge in [-0.2, -0.15) is 0 Å². The third kappa shape index (κ3) is 7.49. The summed E-state index contributed by atoms with van der Waals surface area (Å²) in [4.78, 5) is 12.0. The number of hydrogen-bond acceptors (Lipinski definition) is 3. The highest BCUT2D eigenvalue weighted by Gasteiger charge is 2.15. The fourth-order valence-electron chi connectivity index (χ4n) is 1.48. The summed E-state index contributed by atoms with van der Waals surface area (Å²) in [7, 11) is 0. The number of rotatable bonds is 9. The van der Waals surface area contributed by atoms with Crippen LogP contribution in [-0.4, -0.2) is 25.8 Å². The quantitative estimate of drug-likeness (QED) is 0.466. The van der Waals surface area contributed by atoms with Crippen LogP contribution in [0.25, 0.3) is 0 Å². The summed E-state index contributed by atoms with van der Waals surface area (Å²) in [5, 5.41) is 0. The second-order valence-corrected chi connectivity index (χ2v) is 4.99. The van der Waals surface area contributed by atoms with Crippen molar-refractivity contribution in [3.63, 3.8) is 0 Å². The molecule has 0 aromatic carbocycles. The zero-order valence-electron chi connectivity index (χ0n) is 12.5. The molecule has 3 heteroatoms. The molecule has 0 N–H and O–H groups in total. The number of esters is 1. The van der Waals surface area contributed by atoms with Crippen LogP contribution in [0.2, 0.25) is 0 Å². The van der Waals surface area contributed by atoms with Crippen molar-refractivity contribution in [3.8, 4) is 0 Å². The Morgan fingerprint density at radius 1 is 1.22 bits per heavy atom. The van der Waals surface area contributed by atoms with Crippen molar-refractivity contribution in [1.29, 1.82) is 0 Å². The molecule has 0 aliphatic carbocycles. The molecule has 3 nitrogen and oxygen atoms in total. The predicted octanol–water partition coefficient (Wildman–Crippen LogP) is 3.73. The van der Waals surface area contributed by atoms with Crippen molar-refractivity contribution < 1.29 is 14.3 Å². The van der Waals surface area contributed by atoms with E-state index < -0.39 is 0 Å². The molecule has 0 bridgehead atoms. The van der Waals surface area contributed by atoms with E-state index in [0.717, 1.165) is 24.8 Å². The average molecular weight is 256 g/mol. The maximum absolute atomic E-state index is 12.0. The molecule has 0 fully saturated rings. The van der Waals surface area contributed by atoms with E-state index in [9.17, 15) is 4.79 Å². The summed E-state index contributed by atoms with van der Waals surface area (Å²) in [5.74, 6) is 0.143. The average Bonchev–Trinajstić information content (AvgIpc) is 2.34. The van der Waals surface area contributed by atoms with Gasteiger partial charge in [-0.3, -0.25) is 0 Å². The van der Waals surface area contributed by atoms with Crippen LogP contribution in [0.15, 0.2) is 11.1 Å². The van der Waals surface area contributed by atoms with Crippen LogP contribution >= 0.6 is 0 Å². The molecule has 0 amide bonds. The van der Waals surface area contributed by atoms with E-state index in [2.05, 4.69) is 6.92 Å². The first kappa shape index (κ1) is 17.2. The maximum Gasteiger partial charge on any atom is 0.336 e. The van der Waals surface area contributed by atoms with E-state index in [0.29, 0.717) is 31.3 Å². The third-order valence-corrected chi connectivity index (χ3v) is 2.67. The molecule has 0 saturated heterocycles. The molecule has 0 aromatic rings. The lowest BCUT2D eigenvalue weighted by Crippen LogP contribution is -2.17. The Morgan fingerprint density at radius 2 is 1.89 bits per heavy atom. The van der Waals surface area contributed by atoms with Crippen molar-refractivity contribution in [1.82, 2.24) is 0 Å². The molecule has 0 aliphatic heterocycles. The Kier molecular flexibility index (Phi) is 9.66. The van der Waals surface area contributed by atoms with Crippen molar-refractivity contribution in [2.45, 2.75) is 53.9 Å². The fraction of sp³-hybridized carbons (Fsp3) is 0.800. The predicted molar refractivity (Wildman–Crippen MR) is 74.5 cm³/mol. The Morgan fingerprint density at radius 3 is 2.39 bits per heavy atom. The lowest BCUT2D eigenvalue weighted by Gasteiger charge is -2.13. The topological polar surface area (TPSA) is 35.5 Å². The first-order chi connectivity index (χ1) is 8.52. The normalized spacial score (nSPS) is 12.6. The Labute approximate surface area is 112 Å². The molecule has 106 valence electrons. The van der Waals surface area contributed by atoms with Crippen molar-refractivity contribution in [2.24, 2.45) is 5.92 Å². The van der Waals surface area contributed by atoms with Gasteiger partial charge in [0.2, 0.25) is 0 Å². The van der Waals surface area contributed by atoms with Gasteiger partial charge in [-0.15, -0.1) is 0 Å². The van der Waals surface area contributed by atoms with Crippen molar-refractivity contribution in [2.75, 3.05) is 19.8 Å². The molecule has 0 saturated carbocycles. The van der Waals surface area contributed by atoms with Gasteiger partial charge in [0.25, 0.3) is 0 Å². The standard InChI is InChI=1S/C15H28O3/c1-6-8-9-13(5)14(11-17-7-2)15(16)18-10-12(3)4/h12H,6-11H2,1-5H3. The SMILES string of the molecule is CCCCC(C)=C(COCC)C(=O)OCC(C)C. The number of carbonyl (C=O) groups is 1. The first-order valence-electron chi connectivity index (χ1n) is 6.96. The van der Waals surface area contributed by atoms with E-state index in [1.807, 2.05) is 27.7 Å². The van der Waals surface area contributed by atoms with Gasteiger partial charge in [0, 0.05) is 6.61 Å². The minimum atomic E-state index is -0.217. The van der Waals surface area contributed by atoms with Gasteiger partial charge in [0.1, 0.15) is 0 Å². The second-order valence-electron chi connectivity index (χ2n) is 4.99. The molecule has 0 atom stereocenters. The Bertz CT molecular complexity index is 267. The molecule has 0 rings (SSSR count). The summed E-state index contributed by atoms with van der Waals surface area (Å²) in [5.41, 5.74) is 1.80. The zero-order valence-corrected chi connectivity index (χ0v) is 12.5. The minimum absolute atomic E-state index is 0.217. The Hall–Kier alpha value is -0.830. The van der Waals surface area contributed by atoms with Crippen LogP contribution < -0.4 is 0 Å². The molecule has 0 aliphatic rings. The highest BCUT2D eigenvalue weighted by Crippen LogP contribution is 2.14. The van der Waals surface area contributed by atoms with Crippen molar-refractivity contribution in [3.05, 3.63) is 11.1 Å². The van der Waals surface area contributed by atoms with E-state index in [1.54, 1.807) is 0 Å². The molecule has 0 aromatic heterocycles. The maximum atomic E-state index is 12.0. The largest absolute Gasteiger partial charge is 0.462 e. The van der Waals surface area contributed by atoms with Crippen LogP contribution in [-0.2, 0) is 14.3 Å². The third-order valence-electron chi connectivity index (χ3n) is 2.67. The van der Waals surface area contributed by atoms with Gasteiger partial charge in [-0.1, -0.05) is 32.8 Å². The Balaban J connectivity index is 4.58. The molecule has 0 radical (unpaired) electrons. The number of allylic oxidation sites excluding steroid dienone is 1. The van der Waals surface area contributed by atoms with Crippen LogP contribution in [0, 0.1) is 5.92 Å². The van der Waals surface area contributed by atoms with Crippen LogP contribution in [0.3, 0.4) is 0 Å². The fourth-order valence-corrected chi connectivity index (χ4v) is 1.48. The van der Waals surface area contributed by atoms with E-state index >= 15 is 0 Å². The molecular weight excluding hydrogens is 228 g/mol. The number of hydrogen-bond donors (Lipinski definition) is 0. The van der Waals surface area contributed by atoms with Gasteiger partial charge in [-0.25, -0.2) is 4.79 Å². The van der Waals surface area contributed by atoms with Crippen LogP contribution in [0.1, 0.15) is 53.9 Å². The lowest BCUT2D eigenvalue weighted by atomic mass is 10.0. The van der Waals surface area contributed by atoms with Gasteiger partial charge in [0.15, 0.2) is 0 Å². The van der Waals surface area contributed by atoms with Crippen LogP contribution in [0.4, 0.5) is 0 Å². The van der Waals surface area contributed by atoms with Gasteiger partial charge in [-0.05, 0) is 32.6 Å². The smallest absolute Gasteiger partial charge is 0.336 e. The summed E-state index contributed by atoms with van der Waals surface area (Å²) in [6.45, 7) is 11.6. The number of unbranched alkanes of at least 4 members (excludes halogenated alkanes) is 1. The van der Waals surface area contributed by atoms with Crippen LogP contribution in [0.5, 0.6) is 0 Å². The molecule has 0 heterocycles. The second kappa shape index (κ2) is 10.1. The van der Waals surface area contributed by atoms with Gasteiger partial charge in [0.05, 0.1) is 18.8 Å². The van der Waals surface area contributed by atoms with Crippen molar-refractivity contribution >= 4 is 5.97 Å². The van der Waals surface area contributed by atoms with E-state index in [4.69, 9.17) is 9.47 Å². The summed E-state index contributed by atoms with van der Waals surface area (Å²) >= 11 is 0. The minimum Gasteiger partial charge on any atom is -0.462 e. The summed E-state index contributed by atoms with van der Waals surface area (Å²) < 4.78 is 10.7. The monoisotopic (exact) mass is 256 g/mol.